The van der Waals surface area contributed by atoms with Crippen molar-refractivity contribution in [2.24, 2.45) is 0 Å². The Bertz CT molecular complexity index is 394. The summed E-state index contributed by atoms with van der Waals surface area (Å²) >= 11 is 3.75. The van der Waals surface area contributed by atoms with Gasteiger partial charge in [0.05, 0.1) is 0 Å². The molecule has 0 bridgehead atoms. The van der Waals surface area contributed by atoms with Gasteiger partial charge in [-0.1, -0.05) is 12.6 Å². The molecule has 1 aromatic rings. The van der Waals surface area contributed by atoms with Gasteiger partial charge in [-0.2, -0.15) is 0 Å². The van der Waals surface area contributed by atoms with Crippen LogP contribution < -0.4 is 14.4 Å². The normalized spacial score (nSPS) is 13.5. The highest BCUT2D eigenvalue weighted by Gasteiger charge is 2.14. The van der Waals surface area contributed by atoms with E-state index in [4.69, 9.17) is 9.47 Å². The summed E-state index contributed by atoms with van der Waals surface area (Å²) in [5.41, 5.74) is 0.735. The predicted molar refractivity (Wildman–Crippen MR) is 60.2 cm³/mol. The van der Waals surface area contributed by atoms with Crippen LogP contribution in [0.25, 0.3) is 0 Å². The molecule has 0 saturated carbocycles. The molecule has 0 aromatic heterocycles. The van der Waals surface area contributed by atoms with Gasteiger partial charge in [0.25, 0.3) is 5.24 Å². The molecule has 0 aliphatic carbocycles. The van der Waals surface area contributed by atoms with Crippen molar-refractivity contribution in [1.82, 2.24) is 0 Å². The van der Waals surface area contributed by atoms with Gasteiger partial charge in [0.15, 0.2) is 11.5 Å². The summed E-state index contributed by atoms with van der Waals surface area (Å²) in [6, 6.07) is 5.35. The van der Waals surface area contributed by atoms with E-state index in [1.54, 1.807) is 25.2 Å². The SMILES string of the molecule is CN(C(=O)S)c1ccc2c(c1)OCCO2. The number of rotatable bonds is 1. The molecule has 0 spiro atoms. The van der Waals surface area contributed by atoms with Crippen molar-refractivity contribution in [1.29, 1.82) is 0 Å². The number of thiol groups is 1. The second-order valence-electron chi connectivity index (χ2n) is 3.17. The minimum absolute atomic E-state index is 0.313. The highest BCUT2D eigenvalue weighted by Crippen LogP contribution is 2.33. The third kappa shape index (κ3) is 2.02. The molecule has 1 aliphatic rings. The molecule has 0 fully saturated rings. The van der Waals surface area contributed by atoms with Crippen molar-refractivity contribution in [3.05, 3.63) is 18.2 Å². The molecular weight excluding hydrogens is 214 g/mol. The Morgan fingerprint density at radius 3 is 2.67 bits per heavy atom. The Labute approximate surface area is 93.2 Å². The van der Waals surface area contributed by atoms with Crippen LogP contribution in [0.5, 0.6) is 11.5 Å². The number of anilines is 1. The predicted octanol–water partition coefficient (Wildman–Crippen LogP) is 1.94. The number of carbonyl (C=O) groups is 1. The average Bonchev–Trinajstić information content (AvgIpc) is 2.27. The van der Waals surface area contributed by atoms with Crippen molar-refractivity contribution in [3.63, 3.8) is 0 Å². The summed E-state index contributed by atoms with van der Waals surface area (Å²) in [4.78, 5) is 12.5. The minimum Gasteiger partial charge on any atom is -0.486 e. The summed E-state index contributed by atoms with van der Waals surface area (Å²) in [6.07, 6.45) is 0. The minimum atomic E-state index is -0.313. The van der Waals surface area contributed by atoms with Crippen LogP contribution in [0.4, 0.5) is 10.5 Å². The first-order valence-corrected chi connectivity index (χ1v) is 4.99. The molecule has 1 amide bonds. The highest BCUT2D eigenvalue weighted by molar-refractivity contribution is 7.96. The number of hydrogen-bond donors (Lipinski definition) is 1. The smallest absolute Gasteiger partial charge is 0.282 e. The number of benzene rings is 1. The molecule has 15 heavy (non-hydrogen) atoms. The fourth-order valence-corrected chi connectivity index (χ4v) is 1.47. The van der Waals surface area contributed by atoms with Crippen LogP contribution in [0.1, 0.15) is 0 Å². The molecule has 1 aromatic carbocycles. The molecule has 0 radical (unpaired) electrons. The van der Waals surface area contributed by atoms with E-state index in [2.05, 4.69) is 12.6 Å². The van der Waals surface area contributed by atoms with E-state index in [1.165, 1.54) is 4.90 Å². The van der Waals surface area contributed by atoms with Crippen LogP contribution in [0.15, 0.2) is 18.2 Å². The second kappa shape index (κ2) is 4.02. The van der Waals surface area contributed by atoms with Gasteiger partial charge >= 0.3 is 0 Å². The summed E-state index contributed by atoms with van der Waals surface area (Å²) in [6.45, 7) is 1.10. The van der Waals surface area contributed by atoms with Crippen LogP contribution in [0.2, 0.25) is 0 Å². The molecule has 4 nitrogen and oxygen atoms in total. The largest absolute Gasteiger partial charge is 0.486 e. The molecule has 0 unspecified atom stereocenters. The Morgan fingerprint density at radius 1 is 1.33 bits per heavy atom. The van der Waals surface area contributed by atoms with Crippen LogP contribution in [-0.4, -0.2) is 25.5 Å². The number of carbonyl (C=O) groups excluding carboxylic acids is 1. The van der Waals surface area contributed by atoms with Crippen LogP contribution >= 0.6 is 12.6 Å². The Morgan fingerprint density at radius 2 is 2.00 bits per heavy atom. The number of fused-ring (bicyclic) bond motifs is 1. The van der Waals surface area contributed by atoms with E-state index >= 15 is 0 Å². The Balaban J connectivity index is 2.31. The molecule has 0 atom stereocenters. The maximum Gasteiger partial charge on any atom is 0.282 e. The van der Waals surface area contributed by atoms with E-state index in [9.17, 15) is 4.79 Å². The summed E-state index contributed by atoms with van der Waals surface area (Å²) < 4.78 is 10.8. The van der Waals surface area contributed by atoms with Crippen LogP contribution in [-0.2, 0) is 0 Å². The third-order valence-corrected chi connectivity index (χ3v) is 2.50. The summed E-state index contributed by atoms with van der Waals surface area (Å²) in [5, 5.41) is -0.313. The van der Waals surface area contributed by atoms with Gasteiger partial charge in [-0.25, -0.2) is 0 Å². The average molecular weight is 225 g/mol. The van der Waals surface area contributed by atoms with Gasteiger partial charge in [0.2, 0.25) is 0 Å². The fraction of sp³-hybridized carbons (Fsp3) is 0.300. The Kier molecular flexibility index (Phi) is 2.73. The van der Waals surface area contributed by atoms with Gasteiger partial charge in [-0.15, -0.1) is 0 Å². The second-order valence-corrected chi connectivity index (χ2v) is 3.55. The molecule has 80 valence electrons. The lowest BCUT2D eigenvalue weighted by atomic mass is 10.2. The summed E-state index contributed by atoms with van der Waals surface area (Å²) in [5.74, 6) is 1.38. The zero-order valence-corrected chi connectivity index (χ0v) is 9.16. The number of amides is 1. The van der Waals surface area contributed by atoms with Crippen LogP contribution in [0, 0.1) is 0 Å². The standard InChI is InChI=1S/C10H11NO3S/c1-11(10(12)15)7-2-3-8-9(6-7)14-5-4-13-8/h2-3,6H,4-5H2,1H3,(H,12,15). The lowest BCUT2D eigenvalue weighted by molar-refractivity contribution is 0.171. The number of ether oxygens (including phenoxy) is 2. The topological polar surface area (TPSA) is 38.8 Å². The van der Waals surface area contributed by atoms with Gasteiger partial charge in [-0.05, 0) is 12.1 Å². The number of nitrogens with zero attached hydrogens (tertiary/aromatic N) is 1. The maximum absolute atomic E-state index is 11.0. The van der Waals surface area contributed by atoms with Crippen molar-refractivity contribution in [2.75, 3.05) is 25.2 Å². The highest BCUT2D eigenvalue weighted by atomic mass is 32.1. The van der Waals surface area contributed by atoms with Gasteiger partial charge in [0, 0.05) is 18.8 Å². The molecule has 2 rings (SSSR count). The molecule has 1 heterocycles. The van der Waals surface area contributed by atoms with Crippen molar-refractivity contribution < 1.29 is 14.3 Å². The number of hydrogen-bond acceptors (Lipinski definition) is 3. The summed E-state index contributed by atoms with van der Waals surface area (Å²) in [7, 11) is 1.65. The fourth-order valence-electron chi connectivity index (χ4n) is 1.35. The molecule has 5 heteroatoms. The van der Waals surface area contributed by atoms with E-state index in [0.29, 0.717) is 24.7 Å². The quantitative estimate of drug-likeness (QED) is 0.742. The van der Waals surface area contributed by atoms with E-state index in [-0.39, 0.29) is 5.24 Å². The monoisotopic (exact) mass is 225 g/mol. The molecular formula is C10H11NO3S. The van der Waals surface area contributed by atoms with Gasteiger partial charge < -0.3 is 14.4 Å². The zero-order valence-electron chi connectivity index (χ0n) is 8.27. The zero-order chi connectivity index (χ0) is 10.8. The molecule has 0 saturated heterocycles. The first-order chi connectivity index (χ1) is 7.18. The van der Waals surface area contributed by atoms with Gasteiger partial charge in [0.1, 0.15) is 13.2 Å². The third-order valence-electron chi connectivity index (χ3n) is 2.20. The first-order valence-electron chi connectivity index (χ1n) is 4.55. The van der Waals surface area contributed by atoms with Crippen molar-refractivity contribution in [2.45, 2.75) is 0 Å². The van der Waals surface area contributed by atoms with Crippen molar-refractivity contribution >= 4 is 23.6 Å². The van der Waals surface area contributed by atoms with E-state index in [0.717, 1.165) is 5.69 Å². The van der Waals surface area contributed by atoms with E-state index in [1.807, 2.05) is 0 Å². The first kappa shape index (κ1) is 10.2. The van der Waals surface area contributed by atoms with Crippen LogP contribution in [0.3, 0.4) is 0 Å². The molecule has 0 N–H and O–H groups in total. The maximum atomic E-state index is 11.0. The van der Waals surface area contributed by atoms with Crippen molar-refractivity contribution in [3.8, 4) is 11.5 Å². The lowest BCUT2D eigenvalue weighted by Crippen LogP contribution is -2.20. The molecule has 1 aliphatic heterocycles. The Hall–Kier alpha value is -1.36. The van der Waals surface area contributed by atoms with Gasteiger partial charge in [-0.3, -0.25) is 4.79 Å². The lowest BCUT2D eigenvalue weighted by Gasteiger charge is -2.21. The van der Waals surface area contributed by atoms with E-state index < -0.39 is 0 Å².